The molecule has 0 amide bonds. The van der Waals surface area contributed by atoms with Crippen molar-refractivity contribution in [3.05, 3.63) is 35.4 Å². The molecule has 0 spiro atoms. The smallest absolute Gasteiger partial charge is 0.127 e. The number of carbonyl (C=O) groups is 1. The lowest BCUT2D eigenvalue weighted by Crippen LogP contribution is -2.01. The predicted molar refractivity (Wildman–Crippen MR) is 59.6 cm³/mol. The van der Waals surface area contributed by atoms with Crippen LogP contribution in [-0.2, 0) is 4.79 Å². The Labute approximate surface area is 90.3 Å². The maximum Gasteiger partial charge on any atom is 0.127 e. The lowest BCUT2D eigenvalue weighted by Gasteiger charge is -2.13. The largest absolute Gasteiger partial charge is 0.303 e. The van der Waals surface area contributed by atoms with Crippen LogP contribution < -0.4 is 0 Å². The van der Waals surface area contributed by atoms with Gasteiger partial charge in [-0.25, -0.2) is 4.39 Å². The highest BCUT2D eigenvalue weighted by atomic mass is 19.1. The molecule has 0 aromatic heterocycles. The highest BCUT2D eigenvalue weighted by Crippen LogP contribution is 2.26. The molecule has 0 bridgehead atoms. The van der Waals surface area contributed by atoms with Crippen LogP contribution >= 0.6 is 0 Å². The Kier molecular flexibility index (Phi) is 4.01. The third kappa shape index (κ3) is 2.88. The van der Waals surface area contributed by atoms with Crippen LogP contribution in [0.25, 0.3) is 0 Å². The number of aldehydes is 1. The molecule has 1 nitrogen and oxygen atoms in total. The molecular formula is C13H17FO. The first-order valence-corrected chi connectivity index (χ1v) is 5.25. The van der Waals surface area contributed by atoms with Gasteiger partial charge in [0.2, 0.25) is 0 Å². The Balaban J connectivity index is 2.85. The molecular weight excluding hydrogens is 191 g/mol. The van der Waals surface area contributed by atoms with Crippen molar-refractivity contribution in [2.75, 3.05) is 0 Å². The molecule has 15 heavy (non-hydrogen) atoms. The zero-order valence-corrected chi connectivity index (χ0v) is 9.41. The number of halogens is 1. The van der Waals surface area contributed by atoms with E-state index < -0.39 is 6.17 Å². The van der Waals surface area contributed by atoms with Gasteiger partial charge in [-0.05, 0) is 17.0 Å². The van der Waals surface area contributed by atoms with Crippen LogP contribution in [-0.4, -0.2) is 6.29 Å². The molecule has 82 valence electrons. The third-order valence-corrected chi connectivity index (χ3v) is 2.57. The molecule has 2 atom stereocenters. The molecule has 1 rings (SSSR count). The third-order valence-electron chi connectivity index (χ3n) is 2.57. The molecule has 0 saturated carbocycles. The average molecular weight is 208 g/mol. The lowest BCUT2D eigenvalue weighted by molar-refractivity contribution is -0.108. The van der Waals surface area contributed by atoms with E-state index in [1.54, 1.807) is 12.1 Å². The van der Waals surface area contributed by atoms with Gasteiger partial charge in [0.1, 0.15) is 12.5 Å². The van der Waals surface area contributed by atoms with Crippen molar-refractivity contribution in [2.24, 2.45) is 5.92 Å². The number of hydrogen-bond acceptors (Lipinski definition) is 1. The van der Waals surface area contributed by atoms with Crippen LogP contribution in [0.2, 0.25) is 0 Å². The van der Waals surface area contributed by atoms with E-state index in [2.05, 4.69) is 0 Å². The first-order valence-electron chi connectivity index (χ1n) is 5.25. The highest BCUT2D eigenvalue weighted by molar-refractivity contribution is 5.61. The van der Waals surface area contributed by atoms with Crippen LogP contribution in [0.1, 0.15) is 44.0 Å². The average Bonchev–Trinajstić information content (AvgIpc) is 2.27. The van der Waals surface area contributed by atoms with Gasteiger partial charge in [0.05, 0.1) is 0 Å². The van der Waals surface area contributed by atoms with Crippen LogP contribution in [0.4, 0.5) is 4.39 Å². The van der Waals surface area contributed by atoms with Gasteiger partial charge in [0.25, 0.3) is 0 Å². The highest BCUT2D eigenvalue weighted by Gasteiger charge is 2.14. The van der Waals surface area contributed by atoms with E-state index in [9.17, 15) is 9.18 Å². The second-order valence-electron chi connectivity index (χ2n) is 4.24. The van der Waals surface area contributed by atoms with Crippen molar-refractivity contribution < 1.29 is 9.18 Å². The van der Waals surface area contributed by atoms with Crippen molar-refractivity contribution in [1.82, 2.24) is 0 Å². The summed E-state index contributed by atoms with van der Waals surface area (Å²) in [4.78, 5) is 10.6. The van der Waals surface area contributed by atoms with Crippen molar-refractivity contribution in [2.45, 2.75) is 32.9 Å². The number of rotatable bonds is 4. The number of alkyl halides is 1. The van der Waals surface area contributed by atoms with Crippen LogP contribution in [0, 0.1) is 5.92 Å². The zero-order chi connectivity index (χ0) is 11.4. The molecule has 0 saturated heterocycles. The Morgan fingerprint density at radius 3 is 1.93 bits per heavy atom. The minimum Gasteiger partial charge on any atom is -0.303 e. The van der Waals surface area contributed by atoms with Crippen molar-refractivity contribution >= 4 is 6.29 Å². The van der Waals surface area contributed by atoms with Gasteiger partial charge in [0.15, 0.2) is 0 Å². The summed E-state index contributed by atoms with van der Waals surface area (Å²) in [6.45, 7) is 5.54. The van der Waals surface area contributed by atoms with Gasteiger partial charge in [-0.1, -0.05) is 45.0 Å². The summed E-state index contributed by atoms with van der Waals surface area (Å²) in [6, 6.07) is 7.17. The monoisotopic (exact) mass is 208 g/mol. The first-order chi connectivity index (χ1) is 7.06. The molecule has 1 aromatic carbocycles. The molecule has 0 N–H and O–H groups in total. The molecule has 0 heterocycles. The van der Waals surface area contributed by atoms with E-state index >= 15 is 0 Å². The number of benzene rings is 1. The Morgan fingerprint density at radius 1 is 1.07 bits per heavy atom. The van der Waals surface area contributed by atoms with E-state index in [0.29, 0.717) is 5.56 Å². The summed E-state index contributed by atoms with van der Waals surface area (Å²) in [5, 5.41) is 0. The maximum absolute atomic E-state index is 13.6. The topological polar surface area (TPSA) is 17.1 Å². The van der Waals surface area contributed by atoms with Gasteiger partial charge in [-0.15, -0.1) is 0 Å². The van der Waals surface area contributed by atoms with Crippen molar-refractivity contribution in [3.8, 4) is 0 Å². The second-order valence-corrected chi connectivity index (χ2v) is 4.24. The Bertz CT molecular complexity index is 316. The summed E-state index contributed by atoms with van der Waals surface area (Å²) in [5.41, 5.74) is 1.62. The molecule has 2 unspecified atom stereocenters. The lowest BCUT2D eigenvalue weighted by atomic mass is 9.96. The minimum atomic E-state index is -0.925. The van der Waals surface area contributed by atoms with Crippen molar-refractivity contribution in [3.63, 3.8) is 0 Å². The van der Waals surface area contributed by atoms with Crippen molar-refractivity contribution in [1.29, 1.82) is 0 Å². The SMILES string of the molecule is CC(C=O)c1ccc(C(F)C(C)C)cc1. The summed E-state index contributed by atoms with van der Waals surface area (Å²) in [6.07, 6.45) is -0.0321. The summed E-state index contributed by atoms with van der Waals surface area (Å²) in [5.74, 6) is -0.129. The fourth-order valence-corrected chi connectivity index (χ4v) is 1.45. The molecule has 0 aliphatic rings. The molecule has 2 heteroatoms. The summed E-state index contributed by atoms with van der Waals surface area (Å²) >= 11 is 0. The van der Waals surface area contributed by atoms with Crippen LogP contribution in [0.15, 0.2) is 24.3 Å². The molecule has 0 fully saturated rings. The van der Waals surface area contributed by atoms with E-state index in [0.717, 1.165) is 11.8 Å². The van der Waals surface area contributed by atoms with E-state index in [1.165, 1.54) is 0 Å². The van der Waals surface area contributed by atoms with E-state index in [4.69, 9.17) is 0 Å². The maximum atomic E-state index is 13.6. The van der Waals surface area contributed by atoms with Gasteiger partial charge in [-0.3, -0.25) is 0 Å². The Morgan fingerprint density at radius 2 is 1.53 bits per heavy atom. The van der Waals surface area contributed by atoms with E-state index in [1.807, 2.05) is 32.9 Å². The van der Waals surface area contributed by atoms with Crippen LogP contribution in [0.3, 0.4) is 0 Å². The van der Waals surface area contributed by atoms with E-state index in [-0.39, 0.29) is 11.8 Å². The molecule has 1 aromatic rings. The minimum absolute atomic E-state index is 0.0145. The first kappa shape index (κ1) is 11.9. The fraction of sp³-hybridized carbons (Fsp3) is 0.462. The fourth-order valence-electron chi connectivity index (χ4n) is 1.45. The number of hydrogen-bond donors (Lipinski definition) is 0. The van der Waals surface area contributed by atoms with Gasteiger partial charge in [-0.2, -0.15) is 0 Å². The predicted octanol–water partition coefficient (Wildman–Crippen LogP) is 3.66. The van der Waals surface area contributed by atoms with Gasteiger partial charge >= 0.3 is 0 Å². The summed E-state index contributed by atoms with van der Waals surface area (Å²) in [7, 11) is 0. The second kappa shape index (κ2) is 5.06. The number of carbonyl (C=O) groups excluding carboxylic acids is 1. The van der Waals surface area contributed by atoms with Gasteiger partial charge in [0, 0.05) is 5.92 Å². The standard InChI is InChI=1S/C13H17FO/c1-9(2)13(14)12-6-4-11(5-7-12)10(3)8-15/h4-10,13H,1-3H3. The quantitative estimate of drug-likeness (QED) is 0.690. The van der Waals surface area contributed by atoms with Gasteiger partial charge < -0.3 is 4.79 Å². The Hall–Kier alpha value is -1.18. The molecule has 0 aliphatic carbocycles. The molecule has 0 radical (unpaired) electrons. The summed E-state index contributed by atoms with van der Waals surface area (Å²) < 4.78 is 13.6. The normalized spacial score (nSPS) is 15.0. The van der Waals surface area contributed by atoms with Crippen LogP contribution in [0.5, 0.6) is 0 Å². The molecule has 0 aliphatic heterocycles. The zero-order valence-electron chi connectivity index (χ0n) is 9.41.